The third-order valence-corrected chi connectivity index (χ3v) is 4.24. The summed E-state index contributed by atoms with van der Waals surface area (Å²) < 4.78 is 0. The number of benzene rings is 1. The molecule has 0 amide bonds. The van der Waals surface area contributed by atoms with Gasteiger partial charge in [0.25, 0.3) is 0 Å². The minimum atomic E-state index is 0.539. The van der Waals surface area contributed by atoms with Gasteiger partial charge in [-0.05, 0) is 17.4 Å². The molecule has 0 bridgehead atoms. The molecule has 1 aromatic carbocycles. The molecule has 1 nitrogen and oxygen atoms in total. The van der Waals surface area contributed by atoms with Crippen LogP contribution in [0.4, 0.5) is 0 Å². The lowest BCUT2D eigenvalue weighted by atomic mass is 9.98. The Labute approximate surface area is 108 Å². The number of hydrogen-bond donors (Lipinski definition) is 0. The van der Waals surface area contributed by atoms with E-state index >= 15 is 0 Å². The van der Waals surface area contributed by atoms with E-state index in [-0.39, 0.29) is 0 Å². The summed E-state index contributed by atoms with van der Waals surface area (Å²) in [5.74, 6) is 1.10. The number of hydrogen-bond acceptors (Lipinski definition) is 2. The largest absolute Gasteiger partial charge is 0.244 e. The van der Waals surface area contributed by atoms with E-state index in [1.54, 1.807) is 0 Å². The van der Waals surface area contributed by atoms with E-state index in [9.17, 15) is 0 Å². The predicted octanol–water partition coefficient (Wildman–Crippen LogP) is 5.06. The maximum absolute atomic E-state index is 4.57. The molecule has 0 aliphatic carbocycles. The normalized spacial score (nSPS) is 11.4. The molecule has 0 saturated carbocycles. The standard InChI is InChI=1S/C15H19NS/c1-10(2)12-7-5-6-8-13(12)15-16-9-14(17-15)11(3)4/h5-11H,1-4H3. The number of rotatable bonds is 3. The van der Waals surface area contributed by atoms with Gasteiger partial charge in [0.2, 0.25) is 0 Å². The fraction of sp³-hybridized carbons (Fsp3) is 0.400. The summed E-state index contributed by atoms with van der Waals surface area (Å²) in [4.78, 5) is 5.93. The highest BCUT2D eigenvalue weighted by Gasteiger charge is 2.12. The van der Waals surface area contributed by atoms with Crippen LogP contribution in [-0.2, 0) is 0 Å². The zero-order chi connectivity index (χ0) is 12.4. The van der Waals surface area contributed by atoms with Crippen LogP contribution in [0.25, 0.3) is 10.6 Å². The quantitative estimate of drug-likeness (QED) is 0.736. The first-order valence-corrected chi connectivity index (χ1v) is 6.96. The van der Waals surface area contributed by atoms with Crippen molar-refractivity contribution in [1.82, 2.24) is 4.98 Å². The average molecular weight is 245 g/mol. The molecular weight excluding hydrogens is 226 g/mol. The average Bonchev–Trinajstić information content (AvgIpc) is 2.78. The van der Waals surface area contributed by atoms with Crippen molar-refractivity contribution in [1.29, 1.82) is 0 Å². The van der Waals surface area contributed by atoms with Crippen LogP contribution in [0.1, 0.15) is 50.0 Å². The molecule has 0 fully saturated rings. The first kappa shape index (κ1) is 12.3. The second-order valence-corrected chi connectivity index (χ2v) is 6.03. The van der Waals surface area contributed by atoms with Crippen LogP contribution in [-0.4, -0.2) is 4.98 Å². The topological polar surface area (TPSA) is 12.9 Å². The second kappa shape index (κ2) is 5.01. The Hall–Kier alpha value is -1.15. The van der Waals surface area contributed by atoms with Gasteiger partial charge in [0.15, 0.2) is 0 Å². The smallest absolute Gasteiger partial charge is 0.123 e. The molecule has 2 rings (SSSR count). The molecular formula is C15H19NS. The van der Waals surface area contributed by atoms with Gasteiger partial charge in [-0.25, -0.2) is 4.98 Å². The van der Waals surface area contributed by atoms with Gasteiger partial charge in [-0.2, -0.15) is 0 Å². The van der Waals surface area contributed by atoms with Gasteiger partial charge in [-0.15, -0.1) is 11.3 Å². The Kier molecular flexibility index (Phi) is 3.63. The van der Waals surface area contributed by atoms with Crippen molar-refractivity contribution >= 4 is 11.3 Å². The van der Waals surface area contributed by atoms with Gasteiger partial charge in [-0.1, -0.05) is 52.0 Å². The molecule has 1 heterocycles. The summed E-state index contributed by atoms with van der Waals surface area (Å²) in [6.07, 6.45) is 2.02. The predicted molar refractivity (Wildman–Crippen MR) is 75.7 cm³/mol. The van der Waals surface area contributed by atoms with E-state index in [1.807, 2.05) is 17.5 Å². The van der Waals surface area contributed by atoms with E-state index in [4.69, 9.17) is 0 Å². The molecule has 0 aliphatic heterocycles. The van der Waals surface area contributed by atoms with Gasteiger partial charge in [-0.3, -0.25) is 0 Å². The van der Waals surface area contributed by atoms with E-state index in [0.29, 0.717) is 11.8 Å². The van der Waals surface area contributed by atoms with E-state index < -0.39 is 0 Å². The highest BCUT2D eigenvalue weighted by atomic mass is 32.1. The lowest BCUT2D eigenvalue weighted by Crippen LogP contribution is -1.91. The van der Waals surface area contributed by atoms with E-state index in [2.05, 4.69) is 56.9 Å². The van der Waals surface area contributed by atoms with E-state index in [1.165, 1.54) is 16.0 Å². The summed E-state index contributed by atoms with van der Waals surface area (Å²) in [5, 5.41) is 1.15. The molecule has 0 aliphatic rings. The third kappa shape index (κ3) is 2.58. The van der Waals surface area contributed by atoms with Gasteiger partial charge in [0.1, 0.15) is 5.01 Å². The molecule has 0 spiro atoms. The molecule has 0 saturated heterocycles. The lowest BCUT2D eigenvalue weighted by Gasteiger charge is -2.10. The van der Waals surface area contributed by atoms with Gasteiger partial charge in [0.05, 0.1) is 0 Å². The summed E-state index contributed by atoms with van der Waals surface area (Å²) in [6.45, 7) is 8.89. The maximum Gasteiger partial charge on any atom is 0.123 e. The summed E-state index contributed by atoms with van der Waals surface area (Å²) in [6, 6.07) is 8.59. The summed E-state index contributed by atoms with van der Waals surface area (Å²) in [5.41, 5.74) is 2.68. The van der Waals surface area contributed by atoms with Crippen molar-refractivity contribution in [2.45, 2.75) is 39.5 Å². The monoisotopic (exact) mass is 245 g/mol. The molecule has 90 valence electrons. The molecule has 17 heavy (non-hydrogen) atoms. The molecule has 2 heteroatoms. The fourth-order valence-corrected chi connectivity index (χ4v) is 2.84. The van der Waals surface area contributed by atoms with Crippen LogP contribution in [0.2, 0.25) is 0 Å². The molecule has 0 unspecified atom stereocenters. The Morgan fingerprint density at radius 3 is 2.29 bits per heavy atom. The fourth-order valence-electron chi connectivity index (χ4n) is 1.87. The van der Waals surface area contributed by atoms with Gasteiger partial charge >= 0.3 is 0 Å². The van der Waals surface area contributed by atoms with Crippen LogP contribution >= 0.6 is 11.3 Å². The summed E-state index contributed by atoms with van der Waals surface area (Å²) in [7, 11) is 0. The van der Waals surface area contributed by atoms with Crippen molar-refractivity contribution in [2.24, 2.45) is 0 Å². The molecule has 0 N–H and O–H groups in total. The minimum absolute atomic E-state index is 0.539. The Morgan fingerprint density at radius 2 is 1.71 bits per heavy atom. The van der Waals surface area contributed by atoms with E-state index in [0.717, 1.165) is 5.01 Å². The Morgan fingerprint density at radius 1 is 1.00 bits per heavy atom. The molecule has 2 aromatic rings. The highest BCUT2D eigenvalue weighted by Crippen LogP contribution is 2.33. The van der Waals surface area contributed by atoms with Crippen molar-refractivity contribution < 1.29 is 0 Å². The van der Waals surface area contributed by atoms with Crippen molar-refractivity contribution in [2.75, 3.05) is 0 Å². The van der Waals surface area contributed by atoms with Crippen molar-refractivity contribution in [3.05, 3.63) is 40.9 Å². The second-order valence-electron chi connectivity index (χ2n) is 4.96. The van der Waals surface area contributed by atoms with Crippen LogP contribution < -0.4 is 0 Å². The number of thiazole rings is 1. The minimum Gasteiger partial charge on any atom is -0.244 e. The van der Waals surface area contributed by atoms with Crippen molar-refractivity contribution in [3.8, 4) is 10.6 Å². The SMILES string of the molecule is CC(C)c1cnc(-c2ccccc2C(C)C)s1. The van der Waals surface area contributed by atoms with Crippen LogP contribution in [0.15, 0.2) is 30.5 Å². The number of aromatic nitrogens is 1. The zero-order valence-electron chi connectivity index (χ0n) is 10.9. The highest BCUT2D eigenvalue weighted by molar-refractivity contribution is 7.15. The maximum atomic E-state index is 4.57. The number of nitrogens with zero attached hydrogens (tertiary/aromatic N) is 1. The first-order chi connectivity index (χ1) is 8.09. The Bertz CT molecular complexity index is 497. The molecule has 0 radical (unpaired) electrons. The molecule has 0 atom stereocenters. The lowest BCUT2D eigenvalue weighted by molar-refractivity contribution is 0.868. The Balaban J connectivity index is 2.45. The van der Waals surface area contributed by atoms with Crippen LogP contribution in [0.5, 0.6) is 0 Å². The summed E-state index contributed by atoms with van der Waals surface area (Å²) >= 11 is 1.81. The van der Waals surface area contributed by atoms with Crippen LogP contribution in [0, 0.1) is 0 Å². The van der Waals surface area contributed by atoms with Crippen molar-refractivity contribution in [3.63, 3.8) is 0 Å². The zero-order valence-corrected chi connectivity index (χ0v) is 11.7. The molecule has 1 aromatic heterocycles. The first-order valence-electron chi connectivity index (χ1n) is 6.14. The van der Waals surface area contributed by atoms with Crippen LogP contribution in [0.3, 0.4) is 0 Å². The van der Waals surface area contributed by atoms with Gasteiger partial charge in [0, 0.05) is 16.6 Å². The third-order valence-electron chi connectivity index (χ3n) is 2.91. The van der Waals surface area contributed by atoms with Gasteiger partial charge < -0.3 is 0 Å².